The second-order valence-electron chi connectivity index (χ2n) is 22.3. The van der Waals surface area contributed by atoms with E-state index in [1.165, 1.54) is 38.9 Å². The zero-order chi connectivity index (χ0) is 49.3. The smallest absolute Gasteiger partial charge is 0.135 e. The van der Waals surface area contributed by atoms with Crippen LogP contribution in [0.5, 0.6) is 11.5 Å². The Morgan fingerprint density at radius 2 is 1.20 bits per heavy atom. The van der Waals surface area contributed by atoms with Crippen LogP contribution in [0.15, 0.2) is 158 Å². The predicted molar refractivity (Wildman–Crippen MR) is 294 cm³/mol. The summed E-state index contributed by atoms with van der Waals surface area (Å²) in [4.78, 5) is 9.57. The van der Waals surface area contributed by atoms with E-state index < -0.39 is 0 Å². The number of benzene rings is 7. The molecule has 0 atom stereocenters. The molecule has 1 aliphatic heterocycles. The van der Waals surface area contributed by atoms with E-state index in [2.05, 4.69) is 262 Å². The maximum atomic E-state index is 7.05. The summed E-state index contributed by atoms with van der Waals surface area (Å²) in [5.74, 6) is 2.76. The molecule has 0 fully saturated rings. The molecule has 7 aromatic carbocycles. The first kappa shape index (κ1) is 49.6. The molecular weight excluding hydrogens is 1050 g/mol. The molecule has 5 nitrogen and oxygen atoms in total. The van der Waals surface area contributed by atoms with Crippen molar-refractivity contribution >= 4 is 44.6 Å². The number of hydrogen-bond acceptors (Lipinski definition) is 4. The summed E-state index contributed by atoms with van der Waals surface area (Å²) >= 11 is 0. The van der Waals surface area contributed by atoms with Crippen molar-refractivity contribution in [1.82, 2.24) is 9.55 Å². The van der Waals surface area contributed by atoms with Crippen LogP contribution in [0.2, 0.25) is 0 Å². The van der Waals surface area contributed by atoms with Gasteiger partial charge in [-0.05, 0) is 115 Å². The zero-order valence-electron chi connectivity index (χ0n) is 43.3. The molecule has 10 rings (SSSR count). The third kappa shape index (κ3) is 9.35. The fourth-order valence-corrected chi connectivity index (χ4v) is 10.1. The van der Waals surface area contributed by atoms with Gasteiger partial charge in [0.25, 0.3) is 0 Å². The van der Waals surface area contributed by atoms with Gasteiger partial charge in [-0.1, -0.05) is 174 Å². The van der Waals surface area contributed by atoms with Crippen molar-refractivity contribution in [1.29, 1.82) is 0 Å². The Labute approximate surface area is 436 Å². The topological polar surface area (TPSA) is 33.5 Å². The fraction of sp³-hybridized carbons (Fsp3) is 0.262. The largest absolute Gasteiger partial charge is 0.509 e. The van der Waals surface area contributed by atoms with Crippen LogP contribution in [0.1, 0.15) is 128 Å². The number of hydrogen-bond donors (Lipinski definition) is 0. The van der Waals surface area contributed by atoms with Crippen LogP contribution in [-0.2, 0) is 37.3 Å². The van der Waals surface area contributed by atoms with Gasteiger partial charge in [0, 0.05) is 61.3 Å². The molecular formula is C65H65N4OPt-3. The Balaban J connectivity index is 0.00000624. The Morgan fingerprint density at radius 1 is 0.535 bits per heavy atom. The summed E-state index contributed by atoms with van der Waals surface area (Å²) in [6, 6.07) is 62.6. The van der Waals surface area contributed by atoms with Crippen LogP contribution in [0, 0.1) is 18.8 Å². The molecule has 0 N–H and O–H groups in total. The summed E-state index contributed by atoms with van der Waals surface area (Å²) in [5, 5.41) is 2.23. The molecule has 71 heavy (non-hydrogen) atoms. The van der Waals surface area contributed by atoms with E-state index in [0.717, 1.165) is 55.9 Å². The molecule has 0 aliphatic carbocycles. The Kier molecular flexibility index (Phi) is 13.2. The average molecular weight is 1110 g/mol. The SMILES string of the molecule is CC(C)c1cccc(C(C)C)c1-c1ccc2c(c1)N(c1[c-]c(Oc3[c-]c4c(cc3)c3ccccc3n4-c3cc(C(C)(C)C)ccn3)cc(C(C)(C)c3ccccc3)c1)[CH-]N2c1cccc(C(C)(C)C)c1.[Pt]. The maximum absolute atomic E-state index is 7.05. The minimum Gasteiger partial charge on any atom is -0.509 e. The standard InChI is InChI=1S/C65H65N4O.Pt/c1-42(2)53-25-19-26-54(43(3)4)62(53)44-28-31-58-60(34-44)68(41-67(58)49-23-18-22-46(35-49)63(5,6)7)50-36-48(65(11,12)45-20-14-13-15-21-45)37-52(39-50)70-51-29-30-56-55-24-16-17-27-57(55)69(59(56)40-51)61-38-47(32-33-66-61)64(8,9)10;/h13-38,41-43H,1-12H3;/q-3;. The molecule has 0 spiro atoms. The van der Waals surface area contributed by atoms with E-state index in [1.54, 1.807) is 0 Å². The van der Waals surface area contributed by atoms with Crippen molar-refractivity contribution in [3.63, 3.8) is 0 Å². The first-order chi connectivity index (χ1) is 33.4. The number of pyridine rings is 1. The van der Waals surface area contributed by atoms with Crippen molar-refractivity contribution in [2.45, 2.75) is 111 Å². The molecule has 6 heteroatoms. The third-order valence-corrected chi connectivity index (χ3v) is 14.3. The van der Waals surface area contributed by atoms with Gasteiger partial charge in [-0.2, -0.15) is 6.07 Å². The third-order valence-electron chi connectivity index (χ3n) is 14.3. The monoisotopic (exact) mass is 1110 g/mol. The van der Waals surface area contributed by atoms with Gasteiger partial charge in [-0.3, -0.25) is 0 Å². The van der Waals surface area contributed by atoms with Gasteiger partial charge in [0.05, 0.1) is 0 Å². The van der Waals surface area contributed by atoms with Gasteiger partial charge in [-0.25, -0.2) is 4.98 Å². The van der Waals surface area contributed by atoms with Gasteiger partial charge in [-0.15, -0.1) is 53.6 Å². The van der Waals surface area contributed by atoms with Crippen molar-refractivity contribution in [3.8, 4) is 28.4 Å². The summed E-state index contributed by atoms with van der Waals surface area (Å²) in [7, 11) is 0. The molecule has 0 bridgehead atoms. The van der Waals surface area contributed by atoms with E-state index in [1.807, 2.05) is 12.3 Å². The number of anilines is 4. The first-order valence-corrected chi connectivity index (χ1v) is 24.9. The second-order valence-corrected chi connectivity index (χ2v) is 22.3. The number of aromatic nitrogens is 2. The van der Waals surface area contributed by atoms with E-state index >= 15 is 0 Å². The molecule has 3 heterocycles. The molecule has 0 amide bonds. The molecule has 0 radical (unpaired) electrons. The molecule has 0 saturated heterocycles. The van der Waals surface area contributed by atoms with Crippen LogP contribution in [0.25, 0.3) is 38.8 Å². The Bertz CT molecular complexity index is 3380. The van der Waals surface area contributed by atoms with Crippen LogP contribution >= 0.6 is 0 Å². The number of para-hydroxylation sites is 1. The van der Waals surface area contributed by atoms with Crippen molar-refractivity contribution in [2.24, 2.45) is 0 Å². The van der Waals surface area contributed by atoms with Crippen LogP contribution in [0.4, 0.5) is 22.7 Å². The van der Waals surface area contributed by atoms with Gasteiger partial charge < -0.3 is 19.1 Å². The molecule has 0 saturated carbocycles. The van der Waals surface area contributed by atoms with Gasteiger partial charge in [0.1, 0.15) is 5.82 Å². The molecule has 9 aromatic rings. The van der Waals surface area contributed by atoms with Gasteiger partial charge in [0.2, 0.25) is 0 Å². The molecule has 0 unspecified atom stereocenters. The van der Waals surface area contributed by atoms with E-state index in [0.29, 0.717) is 23.3 Å². The number of nitrogens with zero attached hydrogens (tertiary/aromatic N) is 4. The quantitative estimate of drug-likeness (QED) is 0.128. The van der Waals surface area contributed by atoms with E-state index in [-0.39, 0.29) is 37.3 Å². The average Bonchev–Trinajstić information content (AvgIpc) is 3.89. The Morgan fingerprint density at radius 3 is 1.90 bits per heavy atom. The normalized spacial score (nSPS) is 13.1. The fourth-order valence-electron chi connectivity index (χ4n) is 10.1. The van der Waals surface area contributed by atoms with Crippen LogP contribution in [-0.4, -0.2) is 9.55 Å². The van der Waals surface area contributed by atoms with Crippen molar-refractivity contribution in [2.75, 3.05) is 9.80 Å². The minimum absolute atomic E-state index is 0. The summed E-state index contributed by atoms with van der Waals surface area (Å²) < 4.78 is 9.27. The van der Waals surface area contributed by atoms with Crippen molar-refractivity contribution < 1.29 is 25.8 Å². The zero-order valence-corrected chi connectivity index (χ0v) is 45.5. The molecule has 364 valence electrons. The van der Waals surface area contributed by atoms with Crippen molar-refractivity contribution in [3.05, 3.63) is 210 Å². The molecule has 2 aromatic heterocycles. The van der Waals surface area contributed by atoms with Crippen LogP contribution < -0.4 is 14.5 Å². The molecule has 1 aliphatic rings. The minimum atomic E-state index is -0.388. The second kappa shape index (κ2) is 19.0. The van der Waals surface area contributed by atoms with Gasteiger partial charge >= 0.3 is 0 Å². The number of rotatable bonds is 10. The van der Waals surface area contributed by atoms with E-state index in [4.69, 9.17) is 9.72 Å². The first-order valence-electron chi connectivity index (χ1n) is 24.9. The maximum Gasteiger partial charge on any atom is 0.135 e. The summed E-state index contributed by atoms with van der Waals surface area (Å²) in [5.41, 5.74) is 15.7. The van der Waals surface area contributed by atoms with Gasteiger partial charge in [0.15, 0.2) is 0 Å². The summed E-state index contributed by atoms with van der Waals surface area (Å²) in [6.07, 6.45) is 1.92. The predicted octanol–water partition coefficient (Wildman–Crippen LogP) is 17.8. The van der Waals surface area contributed by atoms with Crippen LogP contribution in [0.3, 0.4) is 0 Å². The van der Waals surface area contributed by atoms with E-state index in [9.17, 15) is 0 Å². The summed E-state index contributed by atoms with van der Waals surface area (Å²) in [6.45, 7) is 29.6. The Hall–Kier alpha value is -6.42. The number of fused-ring (bicyclic) bond motifs is 4. The number of ether oxygens (including phenoxy) is 1.